The summed E-state index contributed by atoms with van der Waals surface area (Å²) in [5.41, 5.74) is 30.9. The topological polar surface area (TPSA) is 16.3 Å². The van der Waals surface area contributed by atoms with Gasteiger partial charge in [0.05, 0.1) is 33.4 Å². The van der Waals surface area contributed by atoms with Gasteiger partial charge in [0.15, 0.2) is 0 Å². The molecular weight excluding hydrogens is 1280 g/mol. The molecule has 4 nitrogen and oxygen atoms in total. The number of fused-ring (bicyclic) bond motifs is 13. The molecule has 0 aliphatic carbocycles. The second-order valence-corrected chi connectivity index (χ2v) is 35.8. The number of nitrogens with zero attached hydrogens (tertiary/aromatic N) is 4. The van der Waals surface area contributed by atoms with E-state index >= 15 is 0 Å². The number of anilines is 6. The van der Waals surface area contributed by atoms with Gasteiger partial charge in [-0.1, -0.05) is 268 Å². The van der Waals surface area contributed by atoms with Crippen molar-refractivity contribution < 1.29 is 0 Å². The number of aromatic nitrogens is 2. The smallest absolute Gasteiger partial charge is 0.252 e. The van der Waals surface area contributed by atoms with Gasteiger partial charge in [0.25, 0.3) is 6.71 Å². The molecule has 0 spiro atoms. The molecule has 16 aromatic rings. The minimum Gasteiger partial charge on any atom is -0.311 e. The van der Waals surface area contributed by atoms with Crippen molar-refractivity contribution in [2.24, 2.45) is 0 Å². The fraction of sp³-hybridized carbons (Fsp3) is 0.204. The lowest BCUT2D eigenvalue weighted by molar-refractivity contribution is 0.569. The van der Waals surface area contributed by atoms with Gasteiger partial charge in [-0.3, -0.25) is 0 Å². The Bertz CT molecular complexity index is 6090. The Morgan fingerprint density at radius 3 is 1.26 bits per heavy atom. The van der Waals surface area contributed by atoms with Gasteiger partial charge in [0.2, 0.25) is 0 Å². The van der Waals surface area contributed by atoms with Crippen molar-refractivity contribution in [3.05, 3.63) is 295 Å². The fourth-order valence-corrected chi connectivity index (χ4v) is 18.0. The molecule has 13 aromatic carbocycles. The first kappa shape index (κ1) is 65.4. The van der Waals surface area contributed by atoms with Gasteiger partial charge >= 0.3 is 0 Å². The summed E-state index contributed by atoms with van der Waals surface area (Å²) in [6.07, 6.45) is 0. The zero-order valence-electron chi connectivity index (χ0n) is 62.7. The van der Waals surface area contributed by atoms with Crippen LogP contribution in [0.25, 0.3) is 109 Å². The average Bonchev–Trinajstić information content (AvgIpc) is 0.820. The molecule has 0 bridgehead atoms. The van der Waals surface area contributed by atoms with E-state index in [1.807, 2.05) is 11.3 Å². The molecule has 510 valence electrons. The molecule has 0 fully saturated rings. The third-order valence-electron chi connectivity index (χ3n) is 22.6. The number of hydrogen-bond acceptors (Lipinski definition) is 3. The largest absolute Gasteiger partial charge is 0.311 e. The molecule has 6 heteroatoms. The molecule has 104 heavy (non-hydrogen) atoms. The molecule has 0 unspecified atom stereocenters. The highest BCUT2D eigenvalue weighted by Gasteiger charge is 2.46. The molecule has 0 radical (unpaired) electrons. The number of para-hydroxylation sites is 2. The molecular formula is C98H89BN4S. The van der Waals surface area contributed by atoms with Crippen LogP contribution in [0.3, 0.4) is 0 Å². The van der Waals surface area contributed by atoms with Gasteiger partial charge in [-0.05, 0) is 208 Å². The lowest BCUT2D eigenvalue weighted by atomic mass is 9.33. The highest BCUT2D eigenvalue weighted by molar-refractivity contribution is 7.26. The number of benzene rings is 13. The Morgan fingerprint density at radius 2 is 0.692 bits per heavy atom. The van der Waals surface area contributed by atoms with E-state index in [1.165, 1.54) is 142 Å². The zero-order valence-corrected chi connectivity index (χ0v) is 63.5. The van der Waals surface area contributed by atoms with E-state index in [4.69, 9.17) is 0 Å². The SMILES string of the molecule is CC(C)(C)c1cc(-c2ccc3c(c2)N(c2cc(-c4ccccc4)cc4c2c2ccccc2n4-c2ccccc2)c2cc(C(C)(C)C)cc4c2B3c2ccc(-n3c5ccc(C(C)(C)C)cc5c5cc(C(C)(C)C)ccc53)cc2N4c2cc(-c3ccccc3)cc3sc4ccccc4c23)cc(C(C)(C)C)c1. The highest BCUT2D eigenvalue weighted by atomic mass is 32.1. The predicted molar refractivity (Wildman–Crippen MR) is 452 cm³/mol. The Hall–Kier alpha value is -10.7. The van der Waals surface area contributed by atoms with Crippen molar-refractivity contribution in [1.29, 1.82) is 0 Å². The summed E-state index contributed by atoms with van der Waals surface area (Å²) in [5, 5.41) is 7.47. The van der Waals surface area contributed by atoms with E-state index < -0.39 is 0 Å². The van der Waals surface area contributed by atoms with E-state index in [2.05, 4.69) is 390 Å². The van der Waals surface area contributed by atoms with Crippen LogP contribution in [0, 0.1) is 0 Å². The second-order valence-electron chi connectivity index (χ2n) is 34.7. The van der Waals surface area contributed by atoms with Crippen LogP contribution in [0.1, 0.15) is 132 Å². The highest BCUT2D eigenvalue weighted by Crippen LogP contribution is 2.54. The summed E-state index contributed by atoms with van der Waals surface area (Å²) in [7, 11) is 0. The molecule has 18 rings (SSSR count). The van der Waals surface area contributed by atoms with Crippen molar-refractivity contribution >= 4 is 132 Å². The lowest BCUT2D eigenvalue weighted by Gasteiger charge is -2.45. The normalized spacial score (nSPS) is 13.5. The average molecular weight is 1370 g/mol. The summed E-state index contributed by atoms with van der Waals surface area (Å²) < 4.78 is 7.61. The maximum Gasteiger partial charge on any atom is 0.252 e. The van der Waals surface area contributed by atoms with Crippen molar-refractivity contribution in [3.8, 4) is 44.8 Å². The Balaban J connectivity index is 1.01. The summed E-state index contributed by atoms with van der Waals surface area (Å²) in [4.78, 5) is 5.48. The molecule has 2 aliphatic heterocycles. The monoisotopic (exact) mass is 1360 g/mol. The van der Waals surface area contributed by atoms with Crippen molar-refractivity contribution in [3.63, 3.8) is 0 Å². The summed E-state index contributed by atoms with van der Waals surface area (Å²) in [6.45, 7) is 35.2. The maximum absolute atomic E-state index is 2.74. The van der Waals surface area contributed by atoms with Crippen molar-refractivity contribution in [2.45, 2.75) is 131 Å². The quantitative estimate of drug-likeness (QED) is 0.148. The molecule has 3 aromatic heterocycles. The first-order chi connectivity index (χ1) is 49.7. The summed E-state index contributed by atoms with van der Waals surface area (Å²) >= 11 is 1.90. The zero-order chi connectivity index (χ0) is 71.8. The first-order valence-corrected chi connectivity index (χ1v) is 38.1. The van der Waals surface area contributed by atoms with Crippen LogP contribution >= 0.6 is 11.3 Å². The predicted octanol–water partition coefficient (Wildman–Crippen LogP) is 25.8. The van der Waals surface area contributed by atoms with Crippen LogP contribution in [0.2, 0.25) is 0 Å². The van der Waals surface area contributed by atoms with Gasteiger partial charge in [-0.25, -0.2) is 0 Å². The van der Waals surface area contributed by atoms with E-state index in [1.54, 1.807) is 0 Å². The standard InChI is InChI=1S/C98H89BN4S/c1-94(2,3)66-40-45-80-75(55-66)76-56-67(95(4,5)6)41-46-81(76)101(80)72-42-44-78-83(59-72)103(86-52-65(61-31-21-17-22-32-61)53-90-92(86)74-36-26-28-38-89(74)104-90)88-58-70(98(13,14)15)57-87-93(88)99(78)77-43-39-62(63-47-68(96(7,8)9)54-69(48-63)97(10,11)12)49-82(77)102(87)85-51-64(60-29-19-16-20-30-60)50-84-91(85)73-35-25-27-37-79(73)100(84)71-33-23-18-24-34-71/h16-59H,1-15H3. The molecule has 0 saturated heterocycles. The van der Waals surface area contributed by atoms with Gasteiger partial charge in [-0.15, -0.1) is 11.3 Å². The van der Waals surface area contributed by atoms with Crippen molar-refractivity contribution in [1.82, 2.24) is 9.13 Å². The van der Waals surface area contributed by atoms with Crippen LogP contribution in [-0.4, -0.2) is 15.8 Å². The van der Waals surface area contributed by atoms with E-state index in [0.29, 0.717) is 0 Å². The van der Waals surface area contributed by atoms with Crippen LogP contribution in [0.5, 0.6) is 0 Å². The Kier molecular flexibility index (Phi) is 14.7. The Labute approximate surface area is 617 Å². The minimum absolute atomic E-state index is 0.0453. The fourth-order valence-electron chi connectivity index (χ4n) is 16.9. The molecule has 2 aliphatic rings. The second kappa shape index (κ2) is 23.4. The van der Waals surface area contributed by atoms with Crippen molar-refractivity contribution in [2.75, 3.05) is 9.80 Å². The number of hydrogen-bond donors (Lipinski definition) is 0. The van der Waals surface area contributed by atoms with Crippen LogP contribution in [0.15, 0.2) is 267 Å². The maximum atomic E-state index is 2.74. The Morgan fingerprint density at radius 1 is 0.250 bits per heavy atom. The van der Waals surface area contributed by atoms with Gasteiger partial charge in [0.1, 0.15) is 0 Å². The van der Waals surface area contributed by atoms with E-state index in [-0.39, 0.29) is 33.8 Å². The first-order valence-electron chi connectivity index (χ1n) is 37.2. The molecule has 0 N–H and O–H groups in total. The van der Waals surface area contributed by atoms with E-state index in [0.717, 1.165) is 44.9 Å². The van der Waals surface area contributed by atoms with Gasteiger partial charge in [0, 0.05) is 75.8 Å². The van der Waals surface area contributed by atoms with E-state index in [9.17, 15) is 0 Å². The minimum atomic E-state index is -0.305. The third kappa shape index (κ3) is 10.6. The third-order valence-corrected chi connectivity index (χ3v) is 23.7. The van der Waals surface area contributed by atoms with Crippen LogP contribution < -0.4 is 26.2 Å². The van der Waals surface area contributed by atoms with Gasteiger partial charge < -0.3 is 18.9 Å². The van der Waals surface area contributed by atoms with Crippen LogP contribution in [-0.2, 0) is 27.1 Å². The number of thiophene rings is 1. The summed E-state index contributed by atoms with van der Waals surface area (Å²) in [6, 6.07) is 104. The molecule has 0 saturated carbocycles. The van der Waals surface area contributed by atoms with Gasteiger partial charge in [-0.2, -0.15) is 0 Å². The molecule has 5 heterocycles. The molecule has 0 atom stereocenters. The number of rotatable bonds is 7. The molecule has 0 amide bonds. The van der Waals surface area contributed by atoms with Crippen LogP contribution in [0.4, 0.5) is 34.1 Å². The lowest BCUT2D eigenvalue weighted by Crippen LogP contribution is -2.61. The summed E-state index contributed by atoms with van der Waals surface area (Å²) in [5.74, 6) is 0.